The molecule has 4 aromatic carbocycles. The van der Waals surface area contributed by atoms with Crippen LogP contribution < -0.4 is 14.2 Å². The molecule has 2 heterocycles. The van der Waals surface area contributed by atoms with Crippen molar-refractivity contribution in [3.8, 4) is 28.9 Å². The van der Waals surface area contributed by atoms with E-state index in [2.05, 4.69) is 19.9 Å². The summed E-state index contributed by atoms with van der Waals surface area (Å²) < 4.78 is 44.4. The van der Waals surface area contributed by atoms with Gasteiger partial charge in [0.15, 0.2) is 23.1 Å². The van der Waals surface area contributed by atoms with Crippen LogP contribution in [0, 0.1) is 25.5 Å². The van der Waals surface area contributed by atoms with Crippen LogP contribution >= 0.6 is 11.6 Å². The Labute approximate surface area is 299 Å². The number of benzene rings is 4. The van der Waals surface area contributed by atoms with Crippen molar-refractivity contribution >= 4 is 45.6 Å². The fourth-order valence-electron chi connectivity index (χ4n) is 6.07. The van der Waals surface area contributed by atoms with Crippen LogP contribution in [0.2, 0.25) is 5.15 Å². The van der Waals surface area contributed by atoms with Gasteiger partial charge in [-0.25, -0.2) is 28.7 Å². The normalized spacial score (nSPS) is 12.6. The molecule has 260 valence electrons. The number of hydrogen-bond donors (Lipinski definition) is 1. The monoisotopic (exact) mass is 708 g/mol. The molecule has 0 aliphatic heterocycles. The molecule has 2 aliphatic rings. The number of methoxy groups -OCH3 is 2. The Kier molecular flexibility index (Phi) is 10.2. The van der Waals surface area contributed by atoms with E-state index < -0.39 is 5.82 Å². The van der Waals surface area contributed by atoms with E-state index in [1.165, 1.54) is 18.7 Å². The molecule has 11 heteroatoms. The van der Waals surface area contributed by atoms with Gasteiger partial charge in [-0.2, -0.15) is 0 Å². The summed E-state index contributed by atoms with van der Waals surface area (Å²) in [6, 6.07) is 14.2. The van der Waals surface area contributed by atoms with Gasteiger partial charge in [-0.3, -0.25) is 0 Å². The van der Waals surface area contributed by atoms with Gasteiger partial charge in [-0.1, -0.05) is 47.0 Å². The van der Waals surface area contributed by atoms with Crippen molar-refractivity contribution in [1.82, 2.24) is 19.9 Å². The van der Waals surface area contributed by atoms with Crippen molar-refractivity contribution in [2.24, 2.45) is 0 Å². The highest BCUT2D eigenvalue weighted by Crippen LogP contribution is 2.37. The minimum absolute atomic E-state index is 0.157. The van der Waals surface area contributed by atoms with Crippen molar-refractivity contribution in [2.75, 3.05) is 14.2 Å². The van der Waals surface area contributed by atoms with Gasteiger partial charge >= 0.3 is 0 Å². The van der Waals surface area contributed by atoms with Crippen molar-refractivity contribution < 1.29 is 28.1 Å². The average Bonchev–Trinajstić information content (AvgIpc) is 3.70. The molecule has 2 aliphatic carbocycles. The first-order chi connectivity index (χ1) is 24.5. The molecule has 8 nitrogen and oxygen atoms in total. The van der Waals surface area contributed by atoms with Gasteiger partial charge in [-0.05, 0) is 99.2 Å². The summed E-state index contributed by atoms with van der Waals surface area (Å²) in [5.41, 5.74) is 8.92. The fourth-order valence-corrected chi connectivity index (χ4v) is 6.27. The smallest absolute Gasteiger partial charge is 0.230 e. The Hall–Kier alpha value is -5.61. The standard InChI is InChI=1S/C20H17FN2O2.C10H9ClN2O.C10H9FO/c1-11-6-13-4-5-17(19(21)14(13)7-11)25-20-15-9-18(24-3)12(2)8-16(15)22-10-23-20;1-6-3-8-7(4-9(6)14-2)10(11)13-5-12-8;1-6-4-7-2-3-9(12)10(11)8(7)5-6/h4-5,7-10H,6H2,1-3H3;3-5H,1-2H3;2-3,5,12H,4H2,1H3. The minimum atomic E-state index is -0.496. The van der Waals surface area contributed by atoms with E-state index in [1.807, 2.05) is 64.1 Å². The Morgan fingerprint density at radius 1 is 0.647 bits per heavy atom. The molecule has 0 radical (unpaired) electrons. The maximum Gasteiger partial charge on any atom is 0.230 e. The number of hydrogen-bond acceptors (Lipinski definition) is 8. The molecule has 0 atom stereocenters. The summed E-state index contributed by atoms with van der Waals surface area (Å²) in [5, 5.41) is 11.0. The number of nitrogens with zero attached hydrogens (tertiary/aromatic N) is 4. The molecular formula is C40H35ClF2N4O4. The molecule has 8 rings (SSSR count). The summed E-state index contributed by atoms with van der Waals surface area (Å²) in [7, 11) is 3.24. The fraction of sp³-hybridized carbons (Fsp3) is 0.200. The van der Waals surface area contributed by atoms with Crippen LogP contribution in [0.15, 0.2) is 72.3 Å². The van der Waals surface area contributed by atoms with Crippen LogP contribution in [-0.4, -0.2) is 39.3 Å². The quantitative estimate of drug-likeness (QED) is 0.181. The Balaban J connectivity index is 0.000000145. The zero-order chi connectivity index (χ0) is 36.4. The number of phenolic OH excluding ortho intramolecular Hbond substituents is 1. The lowest BCUT2D eigenvalue weighted by molar-refractivity contribution is 0.411. The van der Waals surface area contributed by atoms with Crippen LogP contribution in [0.4, 0.5) is 8.78 Å². The molecule has 1 N–H and O–H groups in total. The minimum Gasteiger partial charge on any atom is -0.505 e. The summed E-state index contributed by atoms with van der Waals surface area (Å²) in [4.78, 5) is 16.5. The molecule has 0 saturated heterocycles. The topological polar surface area (TPSA) is 99.5 Å². The predicted molar refractivity (Wildman–Crippen MR) is 196 cm³/mol. The lowest BCUT2D eigenvalue weighted by atomic mass is 10.1. The third kappa shape index (κ3) is 7.32. The van der Waals surface area contributed by atoms with Crippen molar-refractivity contribution in [1.29, 1.82) is 0 Å². The number of fused-ring (bicyclic) bond motifs is 4. The first-order valence-electron chi connectivity index (χ1n) is 16.1. The molecule has 0 unspecified atom stereocenters. The van der Waals surface area contributed by atoms with E-state index in [4.69, 9.17) is 30.9 Å². The van der Waals surface area contributed by atoms with Crippen LogP contribution in [-0.2, 0) is 12.8 Å². The van der Waals surface area contributed by atoms with Gasteiger partial charge in [0.05, 0.1) is 30.6 Å². The Bertz CT molecular complexity index is 2380. The van der Waals surface area contributed by atoms with Crippen molar-refractivity contribution in [2.45, 2.75) is 40.5 Å². The third-order valence-electron chi connectivity index (χ3n) is 8.63. The van der Waals surface area contributed by atoms with Gasteiger partial charge in [0.1, 0.15) is 29.3 Å². The van der Waals surface area contributed by atoms with Crippen LogP contribution in [0.25, 0.3) is 34.0 Å². The molecule has 2 aromatic heterocycles. The van der Waals surface area contributed by atoms with Gasteiger partial charge in [0.2, 0.25) is 5.88 Å². The summed E-state index contributed by atoms with van der Waals surface area (Å²) in [6.07, 6.45) is 8.09. The van der Waals surface area contributed by atoms with E-state index in [0.29, 0.717) is 33.3 Å². The average molecular weight is 709 g/mol. The maximum absolute atomic E-state index is 14.8. The lowest BCUT2D eigenvalue weighted by Gasteiger charge is -2.12. The number of phenols is 1. The van der Waals surface area contributed by atoms with Gasteiger partial charge in [-0.15, -0.1) is 0 Å². The highest BCUT2D eigenvalue weighted by Gasteiger charge is 2.20. The number of ether oxygens (including phenoxy) is 3. The zero-order valence-electron chi connectivity index (χ0n) is 28.9. The second kappa shape index (κ2) is 14.7. The van der Waals surface area contributed by atoms with Crippen LogP contribution in [0.1, 0.15) is 47.2 Å². The molecular weight excluding hydrogens is 674 g/mol. The van der Waals surface area contributed by atoms with E-state index in [9.17, 15) is 8.78 Å². The summed E-state index contributed by atoms with van der Waals surface area (Å²) >= 11 is 5.93. The second-order valence-electron chi connectivity index (χ2n) is 12.4. The number of aryl methyl sites for hydroxylation is 2. The maximum atomic E-state index is 14.8. The largest absolute Gasteiger partial charge is 0.505 e. The van der Waals surface area contributed by atoms with E-state index >= 15 is 0 Å². The van der Waals surface area contributed by atoms with E-state index in [0.717, 1.165) is 68.4 Å². The Morgan fingerprint density at radius 3 is 1.78 bits per heavy atom. The van der Waals surface area contributed by atoms with Gasteiger partial charge in [0.25, 0.3) is 0 Å². The van der Waals surface area contributed by atoms with Crippen molar-refractivity contribution in [3.05, 3.63) is 123 Å². The predicted octanol–water partition coefficient (Wildman–Crippen LogP) is 9.93. The molecule has 51 heavy (non-hydrogen) atoms. The number of aromatic nitrogens is 4. The Morgan fingerprint density at radius 2 is 1.18 bits per heavy atom. The number of halogens is 3. The van der Waals surface area contributed by atoms with E-state index in [1.54, 1.807) is 32.4 Å². The van der Waals surface area contributed by atoms with Crippen LogP contribution in [0.3, 0.4) is 0 Å². The summed E-state index contributed by atoms with van der Waals surface area (Å²) in [5.74, 6) is 0.851. The molecule has 0 bridgehead atoms. The highest BCUT2D eigenvalue weighted by molar-refractivity contribution is 6.34. The van der Waals surface area contributed by atoms with Crippen LogP contribution in [0.5, 0.6) is 28.9 Å². The number of aromatic hydroxyl groups is 1. The first kappa shape index (κ1) is 35.2. The molecule has 0 amide bonds. The molecule has 0 saturated carbocycles. The van der Waals surface area contributed by atoms with Crippen molar-refractivity contribution in [3.63, 3.8) is 0 Å². The molecule has 0 fully saturated rings. The van der Waals surface area contributed by atoms with Gasteiger partial charge in [0, 0.05) is 16.5 Å². The second-order valence-corrected chi connectivity index (χ2v) is 12.7. The molecule has 6 aromatic rings. The zero-order valence-corrected chi connectivity index (χ0v) is 29.7. The number of rotatable bonds is 4. The first-order valence-corrected chi connectivity index (χ1v) is 16.4. The SMILES string of the molecule is CC1=Cc2c(ccc(O)c2F)C1.COc1cc2c(Cl)ncnc2cc1C.COc1cc2c(Oc3ccc4c(c3F)C=C(C)C4)ncnc2cc1C. The van der Waals surface area contributed by atoms with Gasteiger partial charge < -0.3 is 19.3 Å². The highest BCUT2D eigenvalue weighted by atomic mass is 35.5. The molecule has 0 spiro atoms. The third-order valence-corrected chi connectivity index (χ3v) is 8.93. The number of allylic oxidation sites excluding steroid dienone is 2. The lowest BCUT2D eigenvalue weighted by Crippen LogP contribution is -1.97. The summed E-state index contributed by atoms with van der Waals surface area (Å²) in [6.45, 7) is 7.85. The van der Waals surface area contributed by atoms with E-state index in [-0.39, 0.29) is 17.3 Å².